The molecule has 9 heteroatoms. The predicted molar refractivity (Wildman–Crippen MR) is 98.7 cm³/mol. The van der Waals surface area contributed by atoms with E-state index in [4.69, 9.17) is 4.74 Å². The Bertz CT molecular complexity index is 921. The number of amides is 1. The molecule has 0 saturated carbocycles. The van der Waals surface area contributed by atoms with Crippen LogP contribution in [-0.4, -0.2) is 50.4 Å². The van der Waals surface area contributed by atoms with Crippen molar-refractivity contribution in [2.24, 2.45) is 0 Å². The highest BCUT2D eigenvalue weighted by molar-refractivity contribution is 6.01. The first-order valence-corrected chi connectivity index (χ1v) is 8.99. The summed E-state index contributed by atoms with van der Waals surface area (Å²) in [6, 6.07) is 5.13. The number of carbonyl (C=O) groups excluding carboxylic acids is 3. The molecule has 0 fully saturated rings. The SMILES string of the molecule is CC(=O)N1CCc2cc(C(=O)[C@@H](C)OC(=O)Cn3cc([C@@H](C)O)nn3)ccc21. The van der Waals surface area contributed by atoms with Crippen molar-refractivity contribution in [3.63, 3.8) is 0 Å². The fraction of sp³-hybridized carbons (Fsp3) is 0.421. The maximum absolute atomic E-state index is 12.6. The van der Waals surface area contributed by atoms with Crippen molar-refractivity contribution in [1.82, 2.24) is 15.0 Å². The number of fused-ring (bicyclic) bond motifs is 1. The van der Waals surface area contributed by atoms with Gasteiger partial charge < -0.3 is 14.7 Å². The molecule has 1 amide bonds. The molecule has 0 bridgehead atoms. The number of aliphatic hydroxyl groups excluding tert-OH is 1. The van der Waals surface area contributed by atoms with E-state index in [2.05, 4.69) is 10.3 Å². The molecule has 0 aliphatic carbocycles. The molecule has 1 aliphatic heterocycles. The lowest BCUT2D eigenvalue weighted by Crippen LogP contribution is -2.27. The first-order chi connectivity index (χ1) is 13.3. The molecular weight excluding hydrogens is 364 g/mol. The number of anilines is 1. The van der Waals surface area contributed by atoms with Crippen molar-refractivity contribution in [2.75, 3.05) is 11.4 Å². The lowest BCUT2D eigenvalue weighted by Gasteiger charge is -2.16. The van der Waals surface area contributed by atoms with Gasteiger partial charge in [-0.3, -0.25) is 14.4 Å². The quantitative estimate of drug-likeness (QED) is 0.583. The number of aromatic nitrogens is 3. The zero-order valence-electron chi connectivity index (χ0n) is 16.0. The van der Waals surface area contributed by atoms with Crippen LogP contribution in [0.5, 0.6) is 0 Å². The number of Topliss-reactive ketones (excluding diaryl/α,β-unsaturated/α-hetero) is 1. The molecule has 0 radical (unpaired) electrons. The van der Waals surface area contributed by atoms with Crippen LogP contribution in [0.3, 0.4) is 0 Å². The number of hydrogen-bond acceptors (Lipinski definition) is 7. The summed E-state index contributed by atoms with van der Waals surface area (Å²) in [4.78, 5) is 38.0. The minimum atomic E-state index is -0.962. The van der Waals surface area contributed by atoms with Crippen LogP contribution in [0.4, 0.5) is 5.69 Å². The molecular formula is C19H22N4O5. The Labute approximate surface area is 161 Å². The predicted octanol–water partition coefficient (Wildman–Crippen LogP) is 1.05. The third-order valence-corrected chi connectivity index (χ3v) is 4.59. The van der Waals surface area contributed by atoms with Crippen molar-refractivity contribution < 1.29 is 24.2 Å². The second-order valence-corrected chi connectivity index (χ2v) is 6.78. The Morgan fingerprint density at radius 1 is 1.29 bits per heavy atom. The molecule has 1 aliphatic rings. The average Bonchev–Trinajstić information content (AvgIpc) is 3.27. The highest BCUT2D eigenvalue weighted by Crippen LogP contribution is 2.29. The summed E-state index contributed by atoms with van der Waals surface area (Å²) in [5.41, 5.74) is 2.51. The van der Waals surface area contributed by atoms with E-state index >= 15 is 0 Å². The first kappa shape index (κ1) is 19.7. The Morgan fingerprint density at radius 2 is 2.04 bits per heavy atom. The van der Waals surface area contributed by atoms with Gasteiger partial charge in [0.2, 0.25) is 11.7 Å². The maximum atomic E-state index is 12.6. The molecule has 9 nitrogen and oxygen atoms in total. The van der Waals surface area contributed by atoms with E-state index in [1.54, 1.807) is 30.0 Å². The van der Waals surface area contributed by atoms with Crippen LogP contribution in [0.1, 0.15) is 48.5 Å². The number of ketones is 1. The zero-order chi connectivity index (χ0) is 20.4. The van der Waals surface area contributed by atoms with E-state index in [1.165, 1.54) is 24.7 Å². The van der Waals surface area contributed by atoms with Crippen LogP contribution in [0, 0.1) is 0 Å². The van der Waals surface area contributed by atoms with Gasteiger partial charge in [0.05, 0.1) is 12.3 Å². The maximum Gasteiger partial charge on any atom is 0.328 e. The standard InChI is InChI=1S/C19H22N4O5/c1-11(24)16-9-22(21-20-16)10-18(26)28-12(2)19(27)15-4-5-17-14(8-15)6-7-23(17)13(3)25/h4-5,8-9,11-12,24H,6-7,10H2,1-3H3/t11-,12-/m1/s1. The van der Waals surface area contributed by atoms with E-state index in [9.17, 15) is 19.5 Å². The van der Waals surface area contributed by atoms with E-state index in [0.29, 0.717) is 24.2 Å². The van der Waals surface area contributed by atoms with E-state index < -0.39 is 18.2 Å². The van der Waals surface area contributed by atoms with Gasteiger partial charge in [-0.1, -0.05) is 5.21 Å². The average molecular weight is 386 g/mol. The molecule has 1 N–H and O–H groups in total. The largest absolute Gasteiger partial charge is 0.453 e. The molecule has 1 aromatic heterocycles. The molecule has 1 aromatic carbocycles. The minimum Gasteiger partial charge on any atom is -0.453 e. The van der Waals surface area contributed by atoms with E-state index in [0.717, 1.165) is 11.3 Å². The van der Waals surface area contributed by atoms with Crippen LogP contribution in [0.2, 0.25) is 0 Å². The van der Waals surface area contributed by atoms with Crippen molar-refractivity contribution in [2.45, 2.75) is 45.9 Å². The van der Waals surface area contributed by atoms with Crippen molar-refractivity contribution in [3.05, 3.63) is 41.2 Å². The number of ether oxygens (including phenoxy) is 1. The molecule has 3 rings (SSSR count). The lowest BCUT2D eigenvalue weighted by molar-refractivity contribution is -0.147. The van der Waals surface area contributed by atoms with Gasteiger partial charge in [-0.15, -0.1) is 5.10 Å². The molecule has 2 aromatic rings. The van der Waals surface area contributed by atoms with E-state index in [1.807, 2.05) is 0 Å². The number of carbonyl (C=O) groups is 3. The lowest BCUT2D eigenvalue weighted by atomic mass is 10.0. The molecule has 0 spiro atoms. The summed E-state index contributed by atoms with van der Waals surface area (Å²) >= 11 is 0. The van der Waals surface area contributed by atoms with Crippen LogP contribution >= 0.6 is 0 Å². The number of aliphatic hydroxyl groups is 1. The molecule has 148 valence electrons. The second kappa shape index (κ2) is 7.89. The van der Waals surface area contributed by atoms with Gasteiger partial charge in [0, 0.05) is 24.7 Å². The van der Waals surface area contributed by atoms with Gasteiger partial charge in [0.1, 0.15) is 12.2 Å². The first-order valence-electron chi connectivity index (χ1n) is 8.99. The fourth-order valence-electron chi connectivity index (χ4n) is 3.12. The minimum absolute atomic E-state index is 0.0352. The monoisotopic (exact) mass is 386 g/mol. The second-order valence-electron chi connectivity index (χ2n) is 6.78. The molecule has 2 atom stereocenters. The van der Waals surface area contributed by atoms with Gasteiger partial charge in [0.15, 0.2) is 6.10 Å². The summed E-state index contributed by atoms with van der Waals surface area (Å²) in [5, 5.41) is 16.9. The topological polar surface area (TPSA) is 115 Å². The molecule has 2 heterocycles. The summed E-state index contributed by atoms with van der Waals surface area (Å²) in [6.07, 6.45) is 0.376. The van der Waals surface area contributed by atoms with Gasteiger partial charge in [-0.05, 0) is 44.0 Å². The number of hydrogen-bond donors (Lipinski definition) is 1. The third kappa shape index (κ3) is 4.09. The van der Waals surface area contributed by atoms with Crippen LogP contribution in [-0.2, 0) is 27.3 Å². The fourth-order valence-corrected chi connectivity index (χ4v) is 3.12. The highest BCUT2D eigenvalue weighted by Gasteiger charge is 2.25. The van der Waals surface area contributed by atoms with Gasteiger partial charge in [-0.25, -0.2) is 4.68 Å². The number of nitrogens with zero attached hydrogens (tertiary/aromatic N) is 4. The summed E-state index contributed by atoms with van der Waals surface area (Å²) in [5.74, 6) is -0.987. The molecule has 0 unspecified atom stereocenters. The summed E-state index contributed by atoms with van der Waals surface area (Å²) in [6.45, 7) is 4.95. The Balaban J connectivity index is 1.62. The van der Waals surface area contributed by atoms with Crippen LogP contribution in [0.25, 0.3) is 0 Å². The van der Waals surface area contributed by atoms with Gasteiger partial charge >= 0.3 is 5.97 Å². The van der Waals surface area contributed by atoms with Crippen molar-refractivity contribution in [3.8, 4) is 0 Å². The number of esters is 1. The third-order valence-electron chi connectivity index (χ3n) is 4.59. The number of rotatable bonds is 6. The molecule has 28 heavy (non-hydrogen) atoms. The highest BCUT2D eigenvalue weighted by atomic mass is 16.5. The van der Waals surface area contributed by atoms with Crippen molar-refractivity contribution >= 4 is 23.3 Å². The molecule has 0 saturated heterocycles. The Kier molecular flexibility index (Phi) is 5.55. The van der Waals surface area contributed by atoms with Crippen LogP contribution in [0.15, 0.2) is 24.4 Å². The van der Waals surface area contributed by atoms with Crippen molar-refractivity contribution in [1.29, 1.82) is 0 Å². The Morgan fingerprint density at radius 3 is 2.68 bits per heavy atom. The number of benzene rings is 1. The van der Waals surface area contributed by atoms with Crippen LogP contribution < -0.4 is 4.90 Å². The zero-order valence-corrected chi connectivity index (χ0v) is 16.0. The normalized spacial score (nSPS) is 15.1. The summed E-state index contributed by atoms with van der Waals surface area (Å²) < 4.78 is 6.46. The summed E-state index contributed by atoms with van der Waals surface area (Å²) in [7, 11) is 0. The Hall–Kier alpha value is -3.07. The van der Waals surface area contributed by atoms with Gasteiger partial charge in [0.25, 0.3) is 0 Å². The van der Waals surface area contributed by atoms with Gasteiger partial charge in [-0.2, -0.15) is 0 Å². The smallest absolute Gasteiger partial charge is 0.328 e. The van der Waals surface area contributed by atoms with E-state index in [-0.39, 0.29) is 18.2 Å².